The van der Waals surface area contributed by atoms with E-state index in [4.69, 9.17) is 0 Å². The highest BCUT2D eigenvalue weighted by molar-refractivity contribution is 5.88. The molecule has 0 spiro atoms. The smallest absolute Gasteiger partial charge is 0.251 e. The zero-order valence-corrected chi connectivity index (χ0v) is 6.42. The molecule has 0 aromatic heterocycles. The summed E-state index contributed by atoms with van der Waals surface area (Å²) in [6, 6.07) is 4.77. The van der Waals surface area contributed by atoms with Gasteiger partial charge in [-0.15, -0.1) is 5.12 Å². The Balaban J connectivity index is 2.95. The number of rotatable bonds is 1. The molecule has 0 atom stereocenters. The third-order valence-corrected chi connectivity index (χ3v) is 1.31. The lowest BCUT2D eigenvalue weighted by Gasteiger charge is -2.08. The number of hydrogen-bond donors (Lipinski definition) is 0. The van der Waals surface area contributed by atoms with Gasteiger partial charge in [-0.25, -0.2) is 4.39 Å². The van der Waals surface area contributed by atoms with Crippen LogP contribution in [0.2, 0.25) is 0 Å². The standard InChI is InChI=1S/C8H7F2NO/c1-6(12)11(10)8-4-2-3-7(9)5-8/h2-5H,1H3. The fourth-order valence-corrected chi connectivity index (χ4v) is 0.780. The molecule has 0 fully saturated rings. The van der Waals surface area contributed by atoms with Gasteiger partial charge in [0.25, 0.3) is 5.91 Å². The van der Waals surface area contributed by atoms with E-state index in [-0.39, 0.29) is 10.8 Å². The second-order valence-corrected chi connectivity index (χ2v) is 2.28. The zero-order chi connectivity index (χ0) is 9.14. The van der Waals surface area contributed by atoms with Crippen LogP contribution < -0.4 is 5.12 Å². The molecule has 2 nitrogen and oxygen atoms in total. The molecule has 4 heteroatoms. The van der Waals surface area contributed by atoms with E-state index in [9.17, 15) is 13.7 Å². The summed E-state index contributed by atoms with van der Waals surface area (Å²) in [5, 5.41) is -0.108. The number of carbonyl (C=O) groups excluding carboxylic acids is 1. The predicted molar refractivity (Wildman–Crippen MR) is 40.7 cm³/mol. The van der Waals surface area contributed by atoms with Crippen molar-refractivity contribution in [2.75, 3.05) is 5.12 Å². The van der Waals surface area contributed by atoms with Gasteiger partial charge >= 0.3 is 0 Å². The SMILES string of the molecule is CC(=O)N(F)c1cccc(F)c1. The van der Waals surface area contributed by atoms with Gasteiger partial charge in [0.05, 0.1) is 5.69 Å². The van der Waals surface area contributed by atoms with Crippen molar-refractivity contribution in [3.8, 4) is 0 Å². The van der Waals surface area contributed by atoms with Crippen LogP contribution in [0.5, 0.6) is 0 Å². The average Bonchev–Trinajstić information content (AvgIpc) is 2.03. The summed E-state index contributed by atoms with van der Waals surface area (Å²) >= 11 is 0. The molecule has 0 saturated carbocycles. The molecule has 0 aliphatic heterocycles. The van der Waals surface area contributed by atoms with E-state index in [1.54, 1.807) is 0 Å². The van der Waals surface area contributed by atoms with Gasteiger partial charge < -0.3 is 0 Å². The molecule has 64 valence electrons. The Morgan fingerprint density at radius 3 is 2.67 bits per heavy atom. The van der Waals surface area contributed by atoms with Gasteiger partial charge in [-0.3, -0.25) is 4.79 Å². The number of nitrogens with zero attached hydrogens (tertiary/aromatic N) is 1. The Hall–Kier alpha value is -1.45. The molecule has 0 saturated heterocycles. The van der Waals surface area contributed by atoms with Crippen molar-refractivity contribution in [2.45, 2.75) is 6.92 Å². The van der Waals surface area contributed by atoms with Gasteiger partial charge in [0, 0.05) is 13.0 Å². The molecule has 0 aliphatic carbocycles. The molecule has 0 radical (unpaired) electrons. The molecular weight excluding hydrogens is 164 g/mol. The van der Waals surface area contributed by atoms with Gasteiger partial charge in [-0.05, 0) is 12.1 Å². The molecule has 1 aromatic carbocycles. The van der Waals surface area contributed by atoms with Crippen molar-refractivity contribution in [3.05, 3.63) is 30.1 Å². The number of carbonyl (C=O) groups is 1. The highest BCUT2D eigenvalue weighted by Gasteiger charge is 2.09. The fourth-order valence-electron chi connectivity index (χ4n) is 0.780. The quantitative estimate of drug-likeness (QED) is 0.592. The van der Waals surface area contributed by atoms with Gasteiger partial charge in [0.2, 0.25) is 0 Å². The summed E-state index contributed by atoms with van der Waals surface area (Å²) in [6.07, 6.45) is 0. The topological polar surface area (TPSA) is 20.3 Å². The van der Waals surface area contributed by atoms with Crippen molar-refractivity contribution in [1.82, 2.24) is 0 Å². The Morgan fingerprint density at radius 2 is 2.17 bits per heavy atom. The predicted octanol–water partition coefficient (Wildman–Crippen LogP) is 2.06. The number of halogens is 2. The van der Waals surface area contributed by atoms with Gasteiger partial charge in [0.1, 0.15) is 5.82 Å². The Labute approximate surface area is 68.3 Å². The second-order valence-electron chi connectivity index (χ2n) is 2.28. The molecule has 0 aliphatic rings. The number of benzene rings is 1. The van der Waals surface area contributed by atoms with E-state index in [1.807, 2.05) is 0 Å². The molecule has 1 aromatic rings. The average molecular weight is 171 g/mol. The first-order valence-electron chi connectivity index (χ1n) is 3.33. The van der Waals surface area contributed by atoms with Crippen LogP contribution >= 0.6 is 0 Å². The Bertz CT molecular complexity index is 301. The summed E-state index contributed by atoms with van der Waals surface area (Å²) < 4.78 is 25.2. The molecule has 0 unspecified atom stereocenters. The van der Waals surface area contributed by atoms with Crippen LogP contribution in [0.1, 0.15) is 6.92 Å². The maximum atomic E-state index is 12.8. The first kappa shape index (κ1) is 8.64. The second kappa shape index (κ2) is 3.30. The van der Waals surface area contributed by atoms with Crippen LogP contribution in [0.4, 0.5) is 14.6 Å². The van der Waals surface area contributed by atoms with E-state index in [2.05, 4.69) is 0 Å². The van der Waals surface area contributed by atoms with Gasteiger partial charge in [0.15, 0.2) is 0 Å². The van der Waals surface area contributed by atoms with Gasteiger partial charge in [-0.1, -0.05) is 10.5 Å². The summed E-state index contributed by atoms with van der Waals surface area (Å²) in [4.78, 5) is 10.5. The van der Waals surface area contributed by atoms with Crippen molar-refractivity contribution in [2.24, 2.45) is 0 Å². The van der Waals surface area contributed by atoms with Crippen LogP contribution in [-0.4, -0.2) is 5.91 Å². The lowest BCUT2D eigenvalue weighted by molar-refractivity contribution is -0.119. The van der Waals surface area contributed by atoms with Crippen molar-refractivity contribution >= 4 is 11.6 Å². The maximum absolute atomic E-state index is 12.8. The third-order valence-electron chi connectivity index (χ3n) is 1.31. The summed E-state index contributed by atoms with van der Waals surface area (Å²) in [7, 11) is 0. The molecule has 0 bridgehead atoms. The molecule has 1 rings (SSSR count). The van der Waals surface area contributed by atoms with Crippen molar-refractivity contribution in [3.63, 3.8) is 0 Å². The Kier molecular flexibility index (Phi) is 2.38. The maximum Gasteiger partial charge on any atom is 0.251 e. The summed E-state index contributed by atoms with van der Waals surface area (Å²) in [5.74, 6) is -1.35. The van der Waals surface area contributed by atoms with Crippen LogP contribution in [0.3, 0.4) is 0 Å². The van der Waals surface area contributed by atoms with Crippen molar-refractivity contribution in [1.29, 1.82) is 0 Å². The highest BCUT2D eigenvalue weighted by Crippen LogP contribution is 2.15. The first-order chi connectivity index (χ1) is 5.61. The van der Waals surface area contributed by atoms with Crippen LogP contribution in [0.25, 0.3) is 0 Å². The van der Waals surface area contributed by atoms with E-state index in [1.165, 1.54) is 18.2 Å². The van der Waals surface area contributed by atoms with Crippen LogP contribution in [0, 0.1) is 5.82 Å². The van der Waals surface area contributed by atoms with E-state index in [0.717, 1.165) is 13.0 Å². The number of anilines is 1. The minimum absolute atomic E-state index is 0.0949. The lowest BCUT2D eigenvalue weighted by Crippen LogP contribution is -2.17. The number of amides is 1. The minimum Gasteiger partial charge on any atom is -0.272 e. The highest BCUT2D eigenvalue weighted by atomic mass is 19.2. The minimum atomic E-state index is -0.777. The van der Waals surface area contributed by atoms with Crippen LogP contribution in [-0.2, 0) is 4.79 Å². The normalized spacial score (nSPS) is 9.58. The molecule has 0 heterocycles. The summed E-state index contributed by atoms with van der Waals surface area (Å²) in [6.45, 7) is 1.06. The fraction of sp³-hybridized carbons (Fsp3) is 0.125. The van der Waals surface area contributed by atoms with Gasteiger partial charge in [-0.2, -0.15) is 0 Å². The number of hydrogen-bond acceptors (Lipinski definition) is 1. The molecular formula is C8H7F2NO. The largest absolute Gasteiger partial charge is 0.272 e. The molecule has 0 N–H and O–H groups in total. The molecule has 1 amide bonds. The van der Waals surface area contributed by atoms with E-state index in [0.29, 0.717) is 0 Å². The monoisotopic (exact) mass is 171 g/mol. The van der Waals surface area contributed by atoms with Crippen molar-refractivity contribution < 1.29 is 13.7 Å². The molecule has 12 heavy (non-hydrogen) atoms. The van der Waals surface area contributed by atoms with Crippen LogP contribution in [0.15, 0.2) is 24.3 Å². The first-order valence-corrected chi connectivity index (χ1v) is 3.33. The summed E-state index contributed by atoms with van der Waals surface area (Å²) in [5.41, 5.74) is -0.0949. The van der Waals surface area contributed by atoms with E-state index >= 15 is 0 Å². The lowest BCUT2D eigenvalue weighted by atomic mass is 10.3. The van der Waals surface area contributed by atoms with E-state index < -0.39 is 11.7 Å². The zero-order valence-electron chi connectivity index (χ0n) is 6.42. The third kappa shape index (κ3) is 1.78. The Morgan fingerprint density at radius 1 is 1.50 bits per heavy atom.